The molecule has 2 aliphatic rings. The molecule has 0 radical (unpaired) electrons. The quantitative estimate of drug-likeness (QED) is 0.169. The van der Waals surface area contributed by atoms with Crippen molar-refractivity contribution in [2.45, 2.75) is 38.5 Å². The molecular weight excluding hydrogens is 703 g/mol. The Labute approximate surface area is 340 Å². The first-order chi connectivity index (χ1) is 28.3. The highest BCUT2D eigenvalue weighted by atomic mass is 16.3. The summed E-state index contributed by atoms with van der Waals surface area (Å²) in [7, 11) is 0. The van der Waals surface area contributed by atoms with Crippen LogP contribution in [0.25, 0.3) is 66.8 Å². The highest BCUT2D eigenvalue weighted by molar-refractivity contribution is 5.99. The van der Waals surface area contributed by atoms with Crippen molar-refractivity contribution in [3.05, 3.63) is 210 Å². The topological polar surface area (TPSA) is 16.4 Å². The van der Waals surface area contributed by atoms with E-state index in [0.29, 0.717) is 0 Å². The molecule has 0 saturated carbocycles. The monoisotopic (exact) mass is 745 g/mol. The van der Waals surface area contributed by atoms with Crippen LogP contribution < -0.4 is 4.90 Å². The molecule has 0 unspecified atom stereocenters. The molecular formula is C56H43NO. The van der Waals surface area contributed by atoms with Crippen LogP contribution in [0.4, 0.5) is 17.1 Å². The summed E-state index contributed by atoms with van der Waals surface area (Å²) in [5.41, 5.74) is 20.3. The third kappa shape index (κ3) is 5.18. The zero-order valence-electron chi connectivity index (χ0n) is 33.3. The molecule has 1 heterocycles. The second-order valence-corrected chi connectivity index (χ2v) is 16.9. The highest BCUT2D eigenvalue weighted by Gasteiger charge is 2.41. The molecule has 2 heteroatoms. The fraction of sp³-hybridized carbons (Fsp3) is 0.107. The van der Waals surface area contributed by atoms with E-state index in [1.807, 2.05) is 0 Å². The van der Waals surface area contributed by atoms with Crippen molar-refractivity contribution < 1.29 is 4.42 Å². The summed E-state index contributed by atoms with van der Waals surface area (Å²) in [6, 6.07) is 68.7. The van der Waals surface area contributed by atoms with Gasteiger partial charge in [-0.2, -0.15) is 0 Å². The maximum absolute atomic E-state index is 6.71. The Morgan fingerprint density at radius 1 is 0.379 bits per heavy atom. The first-order valence-corrected chi connectivity index (χ1v) is 20.3. The van der Waals surface area contributed by atoms with Crippen LogP contribution in [-0.4, -0.2) is 0 Å². The molecule has 2 aliphatic carbocycles. The first kappa shape index (κ1) is 34.4. The number of hydrogen-bond donors (Lipinski definition) is 0. The van der Waals surface area contributed by atoms with Crippen molar-refractivity contribution in [2.75, 3.05) is 4.90 Å². The van der Waals surface area contributed by atoms with E-state index in [1.54, 1.807) is 0 Å². The Balaban J connectivity index is 1.04. The number of rotatable bonds is 6. The van der Waals surface area contributed by atoms with E-state index in [0.717, 1.165) is 34.0 Å². The van der Waals surface area contributed by atoms with Gasteiger partial charge in [-0.3, -0.25) is 0 Å². The third-order valence-corrected chi connectivity index (χ3v) is 12.9. The van der Waals surface area contributed by atoms with Gasteiger partial charge in [-0.15, -0.1) is 0 Å². The molecule has 1 aromatic heterocycles. The fourth-order valence-corrected chi connectivity index (χ4v) is 9.91. The van der Waals surface area contributed by atoms with Crippen molar-refractivity contribution >= 4 is 28.0 Å². The van der Waals surface area contributed by atoms with Gasteiger partial charge in [0.15, 0.2) is 0 Å². The molecule has 0 bridgehead atoms. The smallest absolute Gasteiger partial charge is 0.140 e. The van der Waals surface area contributed by atoms with Crippen LogP contribution in [0.5, 0.6) is 0 Å². The Morgan fingerprint density at radius 3 is 1.71 bits per heavy atom. The van der Waals surface area contributed by atoms with Crippen molar-refractivity contribution in [3.8, 4) is 55.8 Å². The van der Waals surface area contributed by atoms with E-state index in [-0.39, 0.29) is 10.8 Å². The average Bonchev–Trinajstić information content (AvgIpc) is 3.85. The van der Waals surface area contributed by atoms with Crippen LogP contribution in [0.15, 0.2) is 192 Å². The number of fused-ring (bicyclic) bond motifs is 8. The molecule has 9 aromatic rings. The molecule has 0 N–H and O–H groups in total. The zero-order valence-corrected chi connectivity index (χ0v) is 33.3. The third-order valence-electron chi connectivity index (χ3n) is 12.9. The maximum Gasteiger partial charge on any atom is 0.140 e. The number of furan rings is 1. The zero-order chi connectivity index (χ0) is 39.2. The summed E-state index contributed by atoms with van der Waals surface area (Å²) in [5.74, 6) is 0.992. The van der Waals surface area contributed by atoms with Crippen molar-refractivity contribution in [1.29, 1.82) is 0 Å². The SMILES string of the molecule is CC1(C)c2ccccc2-c2ccc(N(c3ccc(-c4ccc(-c5ccccc5)cc4)cc3)c3cccc(-c4cccc5c4-c4oc6ccccc6c4C5(C)C)c3)cc21. The molecule has 0 fully saturated rings. The molecule has 8 aromatic carbocycles. The van der Waals surface area contributed by atoms with Crippen LogP contribution in [0.2, 0.25) is 0 Å². The fourth-order valence-electron chi connectivity index (χ4n) is 9.91. The summed E-state index contributed by atoms with van der Waals surface area (Å²) in [5, 5.41) is 1.20. The lowest BCUT2D eigenvalue weighted by molar-refractivity contribution is 0.619. The summed E-state index contributed by atoms with van der Waals surface area (Å²) in [4.78, 5) is 2.42. The second-order valence-electron chi connectivity index (χ2n) is 16.9. The van der Waals surface area contributed by atoms with Crippen LogP contribution in [0.1, 0.15) is 49.9 Å². The summed E-state index contributed by atoms with van der Waals surface area (Å²) >= 11 is 0. The Morgan fingerprint density at radius 2 is 0.931 bits per heavy atom. The van der Waals surface area contributed by atoms with Crippen LogP contribution in [0.3, 0.4) is 0 Å². The van der Waals surface area contributed by atoms with Gasteiger partial charge in [-0.25, -0.2) is 0 Å². The predicted octanol–water partition coefficient (Wildman–Crippen LogP) is 15.5. The van der Waals surface area contributed by atoms with Gasteiger partial charge in [0, 0.05) is 44.4 Å². The van der Waals surface area contributed by atoms with E-state index < -0.39 is 0 Å². The molecule has 0 aliphatic heterocycles. The van der Waals surface area contributed by atoms with Crippen LogP contribution in [-0.2, 0) is 10.8 Å². The maximum atomic E-state index is 6.71. The Hall–Kier alpha value is -6.90. The molecule has 58 heavy (non-hydrogen) atoms. The molecule has 0 saturated heterocycles. The molecule has 0 amide bonds. The van der Waals surface area contributed by atoms with Gasteiger partial charge in [-0.05, 0) is 104 Å². The van der Waals surface area contributed by atoms with Gasteiger partial charge in [0.05, 0.1) is 0 Å². The minimum atomic E-state index is -0.185. The normalized spacial score (nSPS) is 14.1. The Bertz CT molecular complexity index is 3040. The van der Waals surface area contributed by atoms with Gasteiger partial charge in [-0.1, -0.05) is 173 Å². The lowest BCUT2D eigenvalue weighted by atomic mass is 9.81. The summed E-state index contributed by atoms with van der Waals surface area (Å²) in [6.07, 6.45) is 0. The van der Waals surface area contributed by atoms with E-state index in [1.165, 1.54) is 72.1 Å². The van der Waals surface area contributed by atoms with E-state index in [9.17, 15) is 0 Å². The van der Waals surface area contributed by atoms with Crippen molar-refractivity contribution in [3.63, 3.8) is 0 Å². The van der Waals surface area contributed by atoms with Crippen LogP contribution in [0, 0.1) is 0 Å². The molecule has 0 atom stereocenters. The van der Waals surface area contributed by atoms with Gasteiger partial charge in [0.1, 0.15) is 11.3 Å². The number of benzene rings is 8. The summed E-state index contributed by atoms with van der Waals surface area (Å²) < 4.78 is 6.71. The van der Waals surface area contributed by atoms with Gasteiger partial charge >= 0.3 is 0 Å². The molecule has 0 spiro atoms. The standard InChI is InChI=1S/C56H43NO/c1-55(2)48-21-10-8-18-45(48)46-33-32-43(35-50(46)55)57(41-30-28-39(29-31-41)38-26-24-37(25-27-38)36-14-6-5-7-15-36)42-17-12-16-40(34-42)44-20-13-22-49-52(44)54-53(56(49,3)4)47-19-9-11-23-51(47)58-54/h5-35H,1-4H3. The number of nitrogens with zero attached hydrogens (tertiary/aromatic N) is 1. The lowest BCUT2D eigenvalue weighted by Gasteiger charge is -2.29. The van der Waals surface area contributed by atoms with Gasteiger partial charge in [0.2, 0.25) is 0 Å². The van der Waals surface area contributed by atoms with Crippen molar-refractivity contribution in [1.82, 2.24) is 0 Å². The van der Waals surface area contributed by atoms with Gasteiger partial charge < -0.3 is 9.32 Å². The van der Waals surface area contributed by atoms with Crippen LogP contribution >= 0.6 is 0 Å². The predicted molar refractivity (Wildman–Crippen MR) is 242 cm³/mol. The second kappa shape index (κ2) is 12.8. The van der Waals surface area contributed by atoms with E-state index in [4.69, 9.17) is 4.42 Å². The lowest BCUT2D eigenvalue weighted by Crippen LogP contribution is -2.16. The van der Waals surface area contributed by atoms with Crippen molar-refractivity contribution in [2.24, 2.45) is 0 Å². The highest BCUT2D eigenvalue weighted by Crippen LogP contribution is 2.56. The molecule has 278 valence electrons. The minimum absolute atomic E-state index is 0.118. The molecule has 11 rings (SSSR count). The number of para-hydroxylation sites is 1. The van der Waals surface area contributed by atoms with E-state index in [2.05, 4.69) is 221 Å². The number of anilines is 3. The van der Waals surface area contributed by atoms with E-state index >= 15 is 0 Å². The minimum Gasteiger partial charge on any atom is -0.456 e. The Kier molecular flexibility index (Phi) is 7.59. The molecule has 2 nitrogen and oxygen atoms in total. The largest absolute Gasteiger partial charge is 0.456 e. The number of hydrogen-bond acceptors (Lipinski definition) is 2. The first-order valence-electron chi connectivity index (χ1n) is 20.3. The summed E-state index contributed by atoms with van der Waals surface area (Å²) in [6.45, 7) is 9.37. The van der Waals surface area contributed by atoms with Gasteiger partial charge in [0.25, 0.3) is 0 Å². The average molecular weight is 746 g/mol.